The van der Waals surface area contributed by atoms with Gasteiger partial charge in [0.15, 0.2) is 0 Å². The fourth-order valence-electron chi connectivity index (χ4n) is 4.10. The third-order valence-electron chi connectivity index (χ3n) is 5.95. The lowest BCUT2D eigenvalue weighted by molar-refractivity contribution is 0.544. The predicted octanol–water partition coefficient (Wildman–Crippen LogP) is 3.25. The van der Waals surface area contributed by atoms with Crippen molar-refractivity contribution in [2.24, 2.45) is 5.73 Å². The number of benzene rings is 1. The Morgan fingerprint density at radius 1 is 0.781 bits per heavy atom. The number of aryl methyl sites for hydroxylation is 3. The fraction of sp³-hybridized carbons (Fsp3) is 0.560. The van der Waals surface area contributed by atoms with Crippen molar-refractivity contribution in [1.29, 1.82) is 0 Å². The summed E-state index contributed by atoms with van der Waals surface area (Å²) in [4.78, 5) is 11.8. The summed E-state index contributed by atoms with van der Waals surface area (Å²) >= 11 is 0. The third-order valence-corrected chi connectivity index (χ3v) is 5.95. The van der Waals surface area contributed by atoms with E-state index in [0.717, 1.165) is 91.9 Å². The highest BCUT2D eigenvalue weighted by Crippen LogP contribution is 2.34. The molecule has 3 rings (SSSR count). The Labute approximate surface area is 190 Å². The van der Waals surface area contributed by atoms with Gasteiger partial charge in [0.05, 0.1) is 0 Å². The molecule has 0 saturated heterocycles. The molecule has 7 heteroatoms. The molecule has 2 aromatic heterocycles. The molecule has 0 bridgehead atoms. The number of nitrogens with two attached hydrogens (primary N) is 1. The molecular formula is C25H38N4O3. The Morgan fingerprint density at radius 2 is 1.41 bits per heavy atom. The fourth-order valence-corrected chi connectivity index (χ4v) is 4.10. The van der Waals surface area contributed by atoms with Crippen LogP contribution in [0.5, 0.6) is 0 Å². The third kappa shape index (κ3) is 6.19. The molecule has 0 aliphatic carbocycles. The van der Waals surface area contributed by atoms with Gasteiger partial charge >= 0.3 is 5.63 Å². The normalized spacial score (nSPS) is 11.8. The summed E-state index contributed by atoms with van der Waals surface area (Å²) in [6, 6.07) is 3.64. The van der Waals surface area contributed by atoms with Crippen molar-refractivity contribution >= 4 is 21.9 Å². The maximum Gasteiger partial charge on any atom is 0.336 e. The molecule has 0 aliphatic rings. The molecule has 0 amide bonds. The van der Waals surface area contributed by atoms with E-state index in [2.05, 4.69) is 22.0 Å². The van der Waals surface area contributed by atoms with Crippen LogP contribution >= 0.6 is 0 Å². The standard InChI is InChI=1S/C25H38N4O3/c1-17-14-23(30)32-24-18(2)25-21(15-20(17)24)22(19(3)31-25)16-29-13-7-12-28-10-5-4-9-27-11-6-8-26/h14-15,27-29H,4-13,16,26H2,1-3H3. The lowest BCUT2D eigenvalue weighted by Crippen LogP contribution is -2.24. The predicted molar refractivity (Wildman–Crippen MR) is 131 cm³/mol. The smallest absolute Gasteiger partial charge is 0.336 e. The van der Waals surface area contributed by atoms with Crippen LogP contribution in [-0.4, -0.2) is 39.3 Å². The van der Waals surface area contributed by atoms with Gasteiger partial charge in [-0.25, -0.2) is 4.79 Å². The second-order valence-electron chi connectivity index (χ2n) is 8.52. The first-order chi connectivity index (χ1) is 15.5. The molecule has 0 fully saturated rings. The van der Waals surface area contributed by atoms with E-state index < -0.39 is 0 Å². The van der Waals surface area contributed by atoms with Crippen molar-refractivity contribution in [3.8, 4) is 0 Å². The molecule has 7 nitrogen and oxygen atoms in total. The number of furan rings is 1. The lowest BCUT2D eigenvalue weighted by Gasteiger charge is -2.08. The van der Waals surface area contributed by atoms with E-state index in [9.17, 15) is 4.79 Å². The number of unbranched alkanes of at least 4 members (excludes halogenated alkanes) is 1. The summed E-state index contributed by atoms with van der Waals surface area (Å²) in [5.41, 5.74) is 9.56. The average molecular weight is 443 g/mol. The van der Waals surface area contributed by atoms with E-state index in [4.69, 9.17) is 14.6 Å². The lowest BCUT2D eigenvalue weighted by atomic mass is 10.0. The van der Waals surface area contributed by atoms with E-state index in [1.165, 1.54) is 18.4 Å². The van der Waals surface area contributed by atoms with Crippen LogP contribution in [0.15, 0.2) is 25.8 Å². The second kappa shape index (κ2) is 12.2. The van der Waals surface area contributed by atoms with Gasteiger partial charge in [-0.2, -0.15) is 0 Å². The van der Waals surface area contributed by atoms with Crippen molar-refractivity contribution in [1.82, 2.24) is 16.0 Å². The van der Waals surface area contributed by atoms with E-state index in [-0.39, 0.29) is 5.63 Å². The van der Waals surface area contributed by atoms with Crippen molar-refractivity contribution in [2.75, 3.05) is 39.3 Å². The van der Waals surface area contributed by atoms with Gasteiger partial charge in [-0.15, -0.1) is 0 Å². The molecule has 0 unspecified atom stereocenters. The number of hydrogen-bond donors (Lipinski definition) is 4. The van der Waals surface area contributed by atoms with Crippen LogP contribution in [0.2, 0.25) is 0 Å². The van der Waals surface area contributed by atoms with Gasteiger partial charge in [-0.05, 0) is 97.4 Å². The van der Waals surface area contributed by atoms with Gasteiger partial charge in [-0.1, -0.05) is 0 Å². The largest absolute Gasteiger partial charge is 0.461 e. The van der Waals surface area contributed by atoms with Gasteiger partial charge in [0.2, 0.25) is 0 Å². The first-order valence-electron chi connectivity index (χ1n) is 11.8. The molecule has 0 radical (unpaired) electrons. The monoisotopic (exact) mass is 442 g/mol. The topological polar surface area (TPSA) is 105 Å². The number of fused-ring (bicyclic) bond motifs is 2. The van der Waals surface area contributed by atoms with Crippen LogP contribution in [0.3, 0.4) is 0 Å². The maximum atomic E-state index is 11.8. The number of nitrogens with one attached hydrogen (secondary N) is 3. The van der Waals surface area contributed by atoms with Crippen molar-refractivity contribution in [3.63, 3.8) is 0 Å². The summed E-state index contributed by atoms with van der Waals surface area (Å²) in [5, 5.41) is 12.5. The Bertz CT molecular complexity index is 1070. The van der Waals surface area contributed by atoms with Crippen LogP contribution in [0.4, 0.5) is 0 Å². The molecule has 5 N–H and O–H groups in total. The molecule has 0 saturated carbocycles. The molecule has 32 heavy (non-hydrogen) atoms. The quantitative estimate of drug-likeness (QED) is 0.224. The molecule has 2 heterocycles. The van der Waals surface area contributed by atoms with Crippen LogP contribution in [0.25, 0.3) is 21.9 Å². The summed E-state index contributed by atoms with van der Waals surface area (Å²) < 4.78 is 11.5. The van der Waals surface area contributed by atoms with Crippen LogP contribution in [-0.2, 0) is 6.54 Å². The highest BCUT2D eigenvalue weighted by molar-refractivity contribution is 5.99. The van der Waals surface area contributed by atoms with Crippen molar-refractivity contribution < 1.29 is 8.83 Å². The summed E-state index contributed by atoms with van der Waals surface area (Å²) in [6.45, 7) is 12.5. The maximum absolute atomic E-state index is 11.8. The van der Waals surface area contributed by atoms with Gasteiger partial charge in [0, 0.05) is 34.5 Å². The Balaban J connectivity index is 1.45. The minimum absolute atomic E-state index is 0.324. The van der Waals surface area contributed by atoms with Crippen LogP contribution in [0.1, 0.15) is 48.1 Å². The van der Waals surface area contributed by atoms with E-state index in [1.807, 2.05) is 20.8 Å². The molecule has 176 valence electrons. The molecule has 3 aromatic rings. The SMILES string of the molecule is Cc1oc2c(C)c3oc(=O)cc(C)c3cc2c1CNCCCNCCCCNCCCN. The zero-order valence-corrected chi connectivity index (χ0v) is 19.7. The average Bonchev–Trinajstić information content (AvgIpc) is 3.08. The van der Waals surface area contributed by atoms with E-state index in [1.54, 1.807) is 6.07 Å². The van der Waals surface area contributed by atoms with Gasteiger partial charge in [0.25, 0.3) is 0 Å². The number of hydrogen-bond acceptors (Lipinski definition) is 7. The van der Waals surface area contributed by atoms with Crippen molar-refractivity contribution in [3.05, 3.63) is 45.0 Å². The Kier molecular flexibility index (Phi) is 9.29. The number of rotatable bonds is 14. The molecule has 0 atom stereocenters. The summed E-state index contributed by atoms with van der Waals surface area (Å²) in [6.07, 6.45) is 4.51. The molecule has 0 spiro atoms. The molecule has 1 aromatic carbocycles. The zero-order valence-electron chi connectivity index (χ0n) is 19.7. The summed E-state index contributed by atoms with van der Waals surface area (Å²) in [7, 11) is 0. The van der Waals surface area contributed by atoms with Gasteiger partial charge in [0.1, 0.15) is 16.9 Å². The van der Waals surface area contributed by atoms with Crippen molar-refractivity contribution in [2.45, 2.75) is 53.0 Å². The molecular weight excluding hydrogens is 404 g/mol. The summed E-state index contributed by atoms with van der Waals surface area (Å²) in [5.74, 6) is 0.907. The minimum Gasteiger partial charge on any atom is -0.461 e. The minimum atomic E-state index is -0.324. The Morgan fingerprint density at radius 3 is 2.12 bits per heavy atom. The van der Waals surface area contributed by atoms with E-state index in [0.29, 0.717) is 5.58 Å². The highest BCUT2D eigenvalue weighted by Gasteiger charge is 2.17. The van der Waals surface area contributed by atoms with Gasteiger partial charge in [-0.3, -0.25) is 0 Å². The molecule has 0 aliphatic heterocycles. The van der Waals surface area contributed by atoms with Gasteiger partial charge < -0.3 is 30.5 Å². The van der Waals surface area contributed by atoms with Crippen LogP contribution in [0, 0.1) is 20.8 Å². The highest BCUT2D eigenvalue weighted by atomic mass is 16.4. The zero-order chi connectivity index (χ0) is 22.9. The Hall–Kier alpha value is -2.19. The first kappa shape index (κ1) is 24.5. The first-order valence-corrected chi connectivity index (χ1v) is 11.8. The van der Waals surface area contributed by atoms with E-state index >= 15 is 0 Å². The van der Waals surface area contributed by atoms with Crippen LogP contribution < -0.4 is 27.3 Å². The second-order valence-corrected chi connectivity index (χ2v) is 8.52.